The Hall–Kier alpha value is -3.48. The van der Waals surface area contributed by atoms with E-state index < -0.39 is 11.9 Å². The van der Waals surface area contributed by atoms with Crippen LogP contribution in [-0.4, -0.2) is 34.3 Å². The SMILES string of the molecule is COc1cc(/C=C/C(=O)Nc2cc(O)ccc2C(=O)O)ccc1O. The lowest BCUT2D eigenvalue weighted by atomic mass is 10.1. The van der Waals surface area contributed by atoms with Gasteiger partial charge in [0.05, 0.1) is 18.4 Å². The van der Waals surface area contributed by atoms with Gasteiger partial charge in [-0.3, -0.25) is 4.79 Å². The van der Waals surface area contributed by atoms with Crippen molar-refractivity contribution in [3.63, 3.8) is 0 Å². The second-order valence-electron chi connectivity index (χ2n) is 4.79. The Morgan fingerprint density at radius 1 is 1.12 bits per heavy atom. The molecule has 1 amide bonds. The topological polar surface area (TPSA) is 116 Å². The van der Waals surface area contributed by atoms with Crippen LogP contribution in [0, 0.1) is 0 Å². The van der Waals surface area contributed by atoms with E-state index in [2.05, 4.69) is 5.32 Å². The fourth-order valence-corrected chi connectivity index (χ4v) is 1.97. The van der Waals surface area contributed by atoms with Gasteiger partial charge in [0.25, 0.3) is 0 Å². The summed E-state index contributed by atoms with van der Waals surface area (Å²) in [6.07, 6.45) is 2.67. The van der Waals surface area contributed by atoms with Gasteiger partial charge in [0.1, 0.15) is 5.75 Å². The van der Waals surface area contributed by atoms with Gasteiger partial charge in [0, 0.05) is 12.1 Å². The van der Waals surface area contributed by atoms with Crippen LogP contribution in [0.25, 0.3) is 6.08 Å². The van der Waals surface area contributed by atoms with Crippen LogP contribution in [0.3, 0.4) is 0 Å². The van der Waals surface area contributed by atoms with Gasteiger partial charge in [-0.2, -0.15) is 0 Å². The molecule has 2 aromatic carbocycles. The molecule has 0 atom stereocenters. The number of aromatic carboxylic acids is 1. The first-order valence-electron chi connectivity index (χ1n) is 6.83. The highest BCUT2D eigenvalue weighted by Gasteiger charge is 2.12. The van der Waals surface area contributed by atoms with Crippen molar-refractivity contribution in [3.8, 4) is 17.2 Å². The van der Waals surface area contributed by atoms with E-state index in [-0.39, 0.29) is 28.5 Å². The molecule has 0 saturated heterocycles. The summed E-state index contributed by atoms with van der Waals surface area (Å²) in [5, 5.41) is 30.4. The molecule has 7 heteroatoms. The van der Waals surface area contributed by atoms with Crippen molar-refractivity contribution in [1.82, 2.24) is 0 Å². The van der Waals surface area contributed by atoms with Crippen molar-refractivity contribution in [2.24, 2.45) is 0 Å². The quantitative estimate of drug-likeness (QED) is 0.626. The molecule has 0 bridgehead atoms. The number of nitrogens with one attached hydrogen (secondary N) is 1. The smallest absolute Gasteiger partial charge is 0.337 e. The van der Waals surface area contributed by atoms with Crippen molar-refractivity contribution in [3.05, 3.63) is 53.6 Å². The lowest BCUT2D eigenvalue weighted by Gasteiger charge is -2.07. The van der Waals surface area contributed by atoms with E-state index in [0.29, 0.717) is 5.56 Å². The molecule has 7 nitrogen and oxygen atoms in total. The molecule has 24 heavy (non-hydrogen) atoms. The van der Waals surface area contributed by atoms with Gasteiger partial charge in [-0.15, -0.1) is 0 Å². The zero-order chi connectivity index (χ0) is 17.7. The molecule has 124 valence electrons. The zero-order valence-electron chi connectivity index (χ0n) is 12.7. The van der Waals surface area contributed by atoms with E-state index in [0.717, 1.165) is 6.07 Å². The number of ether oxygens (including phenoxy) is 1. The maximum absolute atomic E-state index is 11.9. The van der Waals surface area contributed by atoms with Gasteiger partial charge in [-0.25, -0.2) is 4.79 Å². The second-order valence-corrected chi connectivity index (χ2v) is 4.79. The molecule has 4 N–H and O–H groups in total. The van der Waals surface area contributed by atoms with Crippen LogP contribution in [0.1, 0.15) is 15.9 Å². The van der Waals surface area contributed by atoms with E-state index in [1.807, 2.05) is 0 Å². The molecule has 0 aliphatic heterocycles. The number of benzene rings is 2. The normalized spacial score (nSPS) is 10.5. The first-order chi connectivity index (χ1) is 11.4. The Balaban J connectivity index is 2.16. The van der Waals surface area contributed by atoms with Gasteiger partial charge < -0.3 is 25.4 Å². The predicted molar refractivity (Wildman–Crippen MR) is 87.4 cm³/mol. The van der Waals surface area contributed by atoms with Crippen molar-refractivity contribution in [1.29, 1.82) is 0 Å². The fourth-order valence-electron chi connectivity index (χ4n) is 1.97. The minimum absolute atomic E-state index is 0.0135. The maximum Gasteiger partial charge on any atom is 0.337 e. The Bertz CT molecular complexity index is 813. The predicted octanol–water partition coefficient (Wildman–Crippen LogP) is 2.46. The molecule has 0 heterocycles. The number of carboxylic acids is 1. The van der Waals surface area contributed by atoms with Crippen molar-refractivity contribution in [2.45, 2.75) is 0 Å². The Morgan fingerprint density at radius 3 is 2.54 bits per heavy atom. The van der Waals surface area contributed by atoms with E-state index in [1.165, 1.54) is 43.5 Å². The fraction of sp³-hybridized carbons (Fsp3) is 0.0588. The zero-order valence-corrected chi connectivity index (χ0v) is 12.7. The van der Waals surface area contributed by atoms with E-state index in [4.69, 9.17) is 9.84 Å². The number of phenols is 2. The Morgan fingerprint density at radius 2 is 1.88 bits per heavy atom. The molecule has 0 aromatic heterocycles. The Kier molecular flexibility index (Phi) is 5.06. The number of hydrogen-bond donors (Lipinski definition) is 4. The summed E-state index contributed by atoms with van der Waals surface area (Å²) in [5.74, 6) is -1.72. The van der Waals surface area contributed by atoms with Crippen LogP contribution in [0.2, 0.25) is 0 Å². The first kappa shape index (κ1) is 16.9. The van der Waals surface area contributed by atoms with E-state index in [9.17, 15) is 19.8 Å². The number of carbonyl (C=O) groups is 2. The molecule has 0 fully saturated rings. The highest BCUT2D eigenvalue weighted by Crippen LogP contribution is 2.27. The number of carboxylic acid groups (broad SMARTS) is 1. The van der Waals surface area contributed by atoms with E-state index in [1.54, 1.807) is 6.07 Å². The molecule has 0 saturated carbocycles. The van der Waals surface area contributed by atoms with E-state index >= 15 is 0 Å². The standard InChI is InChI=1S/C17H15NO6/c1-24-15-8-10(2-6-14(15)20)3-7-16(21)18-13-9-11(19)4-5-12(13)17(22)23/h2-9,19-20H,1H3,(H,18,21)(H,22,23)/b7-3+. The average Bonchev–Trinajstić information content (AvgIpc) is 2.53. The number of rotatable bonds is 5. The summed E-state index contributed by atoms with van der Waals surface area (Å²) in [5.41, 5.74) is 0.454. The van der Waals surface area contributed by atoms with Crippen LogP contribution in [0.15, 0.2) is 42.5 Å². The lowest BCUT2D eigenvalue weighted by molar-refractivity contribution is -0.111. The number of carbonyl (C=O) groups excluding carboxylic acids is 1. The van der Waals surface area contributed by atoms with Crippen molar-refractivity contribution in [2.75, 3.05) is 12.4 Å². The van der Waals surface area contributed by atoms with Crippen LogP contribution >= 0.6 is 0 Å². The summed E-state index contributed by atoms with van der Waals surface area (Å²) >= 11 is 0. The third-order valence-electron chi connectivity index (χ3n) is 3.12. The molecular formula is C17H15NO6. The minimum atomic E-state index is -1.22. The number of aromatic hydroxyl groups is 2. The molecular weight excluding hydrogens is 314 g/mol. The summed E-state index contributed by atoms with van der Waals surface area (Å²) in [7, 11) is 1.41. The number of hydrogen-bond acceptors (Lipinski definition) is 5. The number of amides is 1. The van der Waals surface area contributed by atoms with Crippen LogP contribution in [0.4, 0.5) is 5.69 Å². The Labute approximate surface area is 137 Å². The van der Waals surface area contributed by atoms with Gasteiger partial charge in [-0.05, 0) is 35.9 Å². The summed E-state index contributed by atoms with van der Waals surface area (Å²) in [6, 6.07) is 8.11. The number of methoxy groups -OCH3 is 1. The minimum Gasteiger partial charge on any atom is -0.508 e. The molecule has 0 unspecified atom stereocenters. The third-order valence-corrected chi connectivity index (χ3v) is 3.12. The molecule has 2 aromatic rings. The number of phenolic OH excluding ortho intramolecular Hbond substituents is 2. The molecule has 0 spiro atoms. The van der Waals surface area contributed by atoms with Crippen LogP contribution in [0.5, 0.6) is 17.2 Å². The van der Waals surface area contributed by atoms with Gasteiger partial charge in [-0.1, -0.05) is 6.07 Å². The van der Waals surface area contributed by atoms with Gasteiger partial charge in [0.15, 0.2) is 11.5 Å². The second kappa shape index (κ2) is 7.19. The molecule has 0 aliphatic rings. The highest BCUT2D eigenvalue weighted by atomic mass is 16.5. The van der Waals surface area contributed by atoms with Crippen molar-refractivity contribution >= 4 is 23.6 Å². The first-order valence-corrected chi connectivity index (χ1v) is 6.83. The molecule has 2 rings (SSSR count). The average molecular weight is 329 g/mol. The van der Waals surface area contributed by atoms with Gasteiger partial charge >= 0.3 is 5.97 Å². The number of anilines is 1. The largest absolute Gasteiger partial charge is 0.508 e. The third kappa shape index (κ3) is 4.04. The summed E-state index contributed by atoms with van der Waals surface area (Å²) < 4.78 is 4.97. The summed E-state index contributed by atoms with van der Waals surface area (Å²) in [6.45, 7) is 0. The summed E-state index contributed by atoms with van der Waals surface area (Å²) in [4.78, 5) is 23.0. The van der Waals surface area contributed by atoms with Crippen LogP contribution in [-0.2, 0) is 4.79 Å². The van der Waals surface area contributed by atoms with Gasteiger partial charge in [0.2, 0.25) is 5.91 Å². The monoisotopic (exact) mass is 329 g/mol. The molecule has 0 radical (unpaired) electrons. The highest BCUT2D eigenvalue weighted by molar-refractivity contribution is 6.06. The van der Waals surface area contributed by atoms with Crippen LogP contribution < -0.4 is 10.1 Å². The maximum atomic E-state index is 11.9. The lowest BCUT2D eigenvalue weighted by Crippen LogP contribution is -2.11. The van der Waals surface area contributed by atoms with Crippen molar-refractivity contribution < 1.29 is 29.6 Å². The molecule has 0 aliphatic carbocycles.